The summed E-state index contributed by atoms with van der Waals surface area (Å²) in [5, 5.41) is 3.41. The highest BCUT2D eigenvalue weighted by Gasteiger charge is 2.37. The van der Waals surface area contributed by atoms with E-state index in [1.165, 1.54) is 42.4 Å². The molecule has 150 valence electrons. The summed E-state index contributed by atoms with van der Waals surface area (Å²) in [5.74, 6) is 1.12. The topological polar surface area (TPSA) is 28.2 Å². The Bertz CT molecular complexity index is 845. The van der Waals surface area contributed by atoms with Gasteiger partial charge in [0.15, 0.2) is 0 Å². The van der Waals surface area contributed by atoms with Crippen LogP contribution in [0.4, 0.5) is 5.82 Å². The average molecular weight is 378 g/mol. The molecule has 0 saturated carbocycles. The Hall–Kier alpha value is -1.87. The van der Waals surface area contributed by atoms with Gasteiger partial charge in [-0.3, -0.25) is 0 Å². The van der Waals surface area contributed by atoms with Crippen LogP contribution < -0.4 is 10.2 Å². The van der Waals surface area contributed by atoms with Crippen LogP contribution in [0.1, 0.15) is 64.5 Å². The van der Waals surface area contributed by atoms with Crippen LogP contribution in [0.5, 0.6) is 0 Å². The number of piperidine rings is 1. The number of fused-ring (bicyclic) bond motifs is 1. The molecule has 2 aromatic rings. The van der Waals surface area contributed by atoms with Gasteiger partial charge in [0.1, 0.15) is 5.82 Å². The van der Waals surface area contributed by atoms with Crippen molar-refractivity contribution >= 4 is 5.82 Å². The molecule has 1 aromatic carbocycles. The number of hydrogen-bond donors (Lipinski definition) is 1. The maximum Gasteiger partial charge on any atom is 0.129 e. The Kier molecular flexibility index (Phi) is 4.99. The third-order valence-corrected chi connectivity index (χ3v) is 7.11. The summed E-state index contributed by atoms with van der Waals surface area (Å²) in [5.41, 5.74) is 5.84. The Balaban J connectivity index is 1.65. The number of nitrogens with zero attached hydrogens (tertiary/aromatic N) is 2. The van der Waals surface area contributed by atoms with E-state index in [1.807, 2.05) is 0 Å². The molecule has 1 aliphatic heterocycles. The van der Waals surface area contributed by atoms with Gasteiger partial charge in [0.05, 0.1) is 5.69 Å². The van der Waals surface area contributed by atoms with E-state index in [1.54, 1.807) is 0 Å². The number of pyridine rings is 1. The van der Waals surface area contributed by atoms with Gasteiger partial charge in [-0.1, -0.05) is 45.9 Å². The fraction of sp³-hybridized carbons (Fsp3) is 0.560. The van der Waals surface area contributed by atoms with Crippen molar-refractivity contribution in [2.75, 3.05) is 25.0 Å². The van der Waals surface area contributed by atoms with Gasteiger partial charge in [-0.25, -0.2) is 4.98 Å². The summed E-state index contributed by atoms with van der Waals surface area (Å²) in [7, 11) is 2.07. The molecule has 0 amide bonds. The summed E-state index contributed by atoms with van der Waals surface area (Å²) in [6.45, 7) is 11.7. The van der Waals surface area contributed by atoms with E-state index in [-0.39, 0.29) is 10.8 Å². The van der Waals surface area contributed by atoms with Crippen molar-refractivity contribution in [3.05, 3.63) is 47.5 Å². The van der Waals surface area contributed by atoms with Gasteiger partial charge < -0.3 is 10.2 Å². The zero-order chi connectivity index (χ0) is 19.9. The Morgan fingerprint density at radius 1 is 0.929 bits per heavy atom. The number of anilines is 1. The second-order valence-corrected chi connectivity index (χ2v) is 9.96. The molecule has 0 unspecified atom stereocenters. The fourth-order valence-corrected chi connectivity index (χ4v) is 4.91. The molecule has 3 heteroatoms. The molecule has 2 aliphatic rings. The van der Waals surface area contributed by atoms with Crippen molar-refractivity contribution in [2.24, 2.45) is 0 Å². The van der Waals surface area contributed by atoms with Gasteiger partial charge >= 0.3 is 0 Å². The second kappa shape index (κ2) is 7.18. The quantitative estimate of drug-likeness (QED) is 0.788. The summed E-state index contributed by atoms with van der Waals surface area (Å²) in [6, 6.07) is 14.2. The third-order valence-electron chi connectivity index (χ3n) is 7.11. The van der Waals surface area contributed by atoms with E-state index in [0.717, 1.165) is 24.6 Å². The first kappa shape index (κ1) is 19.4. The van der Waals surface area contributed by atoms with Crippen molar-refractivity contribution in [3.63, 3.8) is 0 Å². The van der Waals surface area contributed by atoms with Crippen LogP contribution in [-0.2, 0) is 10.8 Å². The maximum atomic E-state index is 5.06. The lowest BCUT2D eigenvalue weighted by Gasteiger charge is -2.42. The monoisotopic (exact) mass is 377 g/mol. The van der Waals surface area contributed by atoms with E-state index in [4.69, 9.17) is 4.98 Å². The summed E-state index contributed by atoms with van der Waals surface area (Å²) >= 11 is 0. The summed E-state index contributed by atoms with van der Waals surface area (Å²) in [6.07, 6.45) is 4.86. The van der Waals surface area contributed by atoms with Crippen LogP contribution in [0.15, 0.2) is 36.4 Å². The Morgan fingerprint density at radius 2 is 1.61 bits per heavy atom. The zero-order valence-electron chi connectivity index (χ0n) is 18.2. The van der Waals surface area contributed by atoms with Crippen LogP contribution in [-0.4, -0.2) is 31.2 Å². The SMILES string of the molecule is CNC1CCN(c2cccc(-c3ccc4c(c3)C(C)(C)CCC4(C)C)n2)CC1. The lowest BCUT2D eigenvalue weighted by atomic mass is 9.63. The minimum atomic E-state index is 0.230. The number of hydrogen-bond acceptors (Lipinski definition) is 3. The number of rotatable bonds is 3. The average Bonchev–Trinajstić information content (AvgIpc) is 2.71. The van der Waals surface area contributed by atoms with Crippen molar-refractivity contribution in [1.29, 1.82) is 0 Å². The fourth-order valence-electron chi connectivity index (χ4n) is 4.91. The van der Waals surface area contributed by atoms with Crippen LogP contribution in [0.3, 0.4) is 0 Å². The van der Waals surface area contributed by atoms with Gasteiger partial charge in [0, 0.05) is 24.7 Å². The summed E-state index contributed by atoms with van der Waals surface area (Å²) in [4.78, 5) is 7.49. The molecular formula is C25H35N3. The third kappa shape index (κ3) is 3.57. The van der Waals surface area contributed by atoms with E-state index < -0.39 is 0 Å². The normalized spacial score (nSPS) is 21.4. The molecule has 28 heavy (non-hydrogen) atoms. The molecule has 1 fully saturated rings. The van der Waals surface area contributed by atoms with Crippen molar-refractivity contribution in [3.8, 4) is 11.3 Å². The smallest absolute Gasteiger partial charge is 0.129 e. The molecule has 0 radical (unpaired) electrons. The highest BCUT2D eigenvalue weighted by Crippen LogP contribution is 2.46. The number of nitrogens with one attached hydrogen (secondary N) is 1. The molecule has 1 N–H and O–H groups in total. The predicted molar refractivity (Wildman–Crippen MR) is 119 cm³/mol. The molecule has 1 aromatic heterocycles. The molecule has 3 nitrogen and oxygen atoms in total. The largest absolute Gasteiger partial charge is 0.356 e. The molecule has 4 rings (SSSR count). The van der Waals surface area contributed by atoms with Gasteiger partial charge in [-0.2, -0.15) is 0 Å². The van der Waals surface area contributed by atoms with Crippen LogP contribution >= 0.6 is 0 Å². The molecule has 0 atom stereocenters. The number of aromatic nitrogens is 1. The lowest BCUT2D eigenvalue weighted by molar-refractivity contribution is 0.332. The van der Waals surface area contributed by atoms with Crippen molar-refractivity contribution in [2.45, 2.75) is 70.3 Å². The summed E-state index contributed by atoms with van der Waals surface area (Å²) < 4.78 is 0. The van der Waals surface area contributed by atoms with Gasteiger partial charge in [0.2, 0.25) is 0 Å². The minimum Gasteiger partial charge on any atom is -0.356 e. The molecule has 1 saturated heterocycles. The highest BCUT2D eigenvalue weighted by atomic mass is 15.2. The molecule has 1 aliphatic carbocycles. The first-order chi connectivity index (χ1) is 13.3. The van der Waals surface area contributed by atoms with E-state index >= 15 is 0 Å². The van der Waals surface area contributed by atoms with Crippen LogP contribution in [0.2, 0.25) is 0 Å². The van der Waals surface area contributed by atoms with Gasteiger partial charge in [-0.05, 0) is 72.9 Å². The predicted octanol–water partition coefficient (Wildman–Crippen LogP) is 5.29. The van der Waals surface area contributed by atoms with E-state index in [9.17, 15) is 0 Å². The first-order valence-electron chi connectivity index (χ1n) is 10.8. The lowest BCUT2D eigenvalue weighted by Crippen LogP contribution is -2.41. The zero-order valence-corrected chi connectivity index (χ0v) is 18.2. The minimum absolute atomic E-state index is 0.230. The van der Waals surface area contributed by atoms with E-state index in [2.05, 4.69) is 81.4 Å². The van der Waals surface area contributed by atoms with E-state index in [0.29, 0.717) is 6.04 Å². The van der Waals surface area contributed by atoms with Gasteiger partial charge in [-0.15, -0.1) is 0 Å². The maximum absolute atomic E-state index is 5.06. The van der Waals surface area contributed by atoms with Crippen LogP contribution in [0.25, 0.3) is 11.3 Å². The van der Waals surface area contributed by atoms with Gasteiger partial charge in [0.25, 0.3) is 0 Å². The first-order valence-corrected chi connectivity index (χ1v) is 10.8. The molecular weight excluding hydrogens is 342 g/mol. The molecule has 2 heterocycles. The molecule has 0 bridgehead atoms. The van der Waals surface area contributed by atoms with Crippen LogP contribution in [0, 0.1) is 0 Å². The Morgan fingerprint density at radius 3 is 2.29 bits per heavy atom. The van der Waals surface area contributed by atoms with Crippen molar-refractivity contribution in [1.82, 2.24) is 10.3 Å². The standard InChI is InChI=1S/C25H35N3/c1-24(2)13-14-25(3,4)21-17-18(9-10-20(21)24)22-7-6-8-23(27-22)28-15-11-19(26-5)12-16-28/h6-10,17,19,26H,11-16H2,1-5H3. The molecule has 0 spiro atoms. The van der Waals surface area contributed by atoms with Crippen molar-refractivity contribution < 1.29 is 0 Å². The number of benzene rings is 1. The second-order valence-electron chi connectivity index (χ2n) is 9.96. The highest BCUT2D eigenvalue weighted by molar-refractivity contribution is 5.65. The Labute approximate surface area is 170 Å².